The van der Waals surface area contributed by atoms with Gasteiger partial charge in [0.2, 0.25) is 0 Å². The molecule has 0 saturated heterocycles. The molecular weight excluding hydrogens is 87.0 g/mol. The molecule has 0 aliphatic rings. The second-order valence-corrected chi connectivity index (χ2v) is 0.993. The third kappa shape index (κ3) is 8.88. The van der Waals surface area contributed by atoms with Gasteiger partial charge in [0.05, 0.1) is 0 Å². The number of hydrogen-bond donors (Lipinski definition) is 0. The maximum Gasteiger partial charge on any atom is 1.00 e. The van der Waals surface area contributed by atoms with Crippen LogP contribution in [0.3, 0.4) is 0 Å². The van der Waals surface area contributed by atoms with Crippen molar-refractivity contribution in [3.05, 3.63) is 0 Å². The fourth-order valence-electron chi connectivity index (χ4n) is 0.204. The Kier molecular flexibility index (Phi) is 15.7. The minimum Gasteiger partial charge on any atom is -1.00 e. The second kappa shape index (κ2) is 9.35. The SMILES string of the molecule is CCCOC.[H-].[Na+]. The fourth-order valence-corrected chi connectivity index (χ4v) is 0.204. The van der Waals surface area contributed by atoms with E-state index in [1.54, 1.807) is 7.11 Å². The Bertz CT molecular complexity index is 19.2. The van der Waals surface area contributed by atoms with Crippen LogP contribution in [-0.4, -0.2) is 13.7 Å². The zero-order valence-corrected chi connectivity index (χ0v) is 6.82. The van der Waals surface area contributed by atoms with Gasteiger partial charge in [0, 0.05) is 13.7 Å². The molecule has 0 aromatic rings. The largest absolute Gasteiger partial charge is 1.00 e. The standard InChI is InChI=1S/C4H10O.Na.H/c1-3-4-5-2;;/h3-4H2,1-2H3;;/q;+1;-1. The van der Waals surface area contributed by atoms with Crippen molar-refractivity contribution in [2.24, 2.45) is 0 Å². The van der Waals surface area contributed by atoms with Crippen molar-refractivity contribution in [2.75, 3.05) is 13.7 Å². The molecule has 6 heavy (non-hydrogen) atoms. The van der Waals surface area contributed by atoms with Gasteiger partial charge in [-0.2, -0.15) is 0 Å². The van der Waals surface area contributed by atoms with Gasteiger partial charge in [-0.15, -0.1) is 0 Å². The van der Waals surface area contributed by atoms with Crippen LogP contribution in [0.1, 0.15) is 14.8 Å². The molecule has 2 heteroatoms. The third-order valence-electron chi connectivity index (χ3n) is 0.408. The summed E-state index contributed by atoms with van der Waals surface area (Å²) in [6.07, 6.45) is 1.12. The van der Waals surface area contributed by atoms with E-state index in [4.69, 9.17) is 4.74 Å². The van der Waals surface area contributed by atoms with Crippen LogP contribution < -0.4 is 29.6 Å². The zero-order chi connectivity index (χ0) is 4.12. The monoisotopic (exact) mass is 98.1 g/mol. The van der Waals surface area contributed by atoms with E-state index >= 15 is 0 Å². The minimum atomic E-state index is 0. The van der Waals surface area contributed by atoms with E-state index in [9.17, 15) is 0 Å². The molecule has 0 amide bonds. The summed E-state index contributed by atoms with van der Waals surface area (Å²) in [5.74, 6) is 0. The van der Waals surface area contributed by atoms with Crippen molar-refractivity contribution < 1.29 is 35.7 Å². The third-order valence-corrected chi connectivity index (χ3v) is 0.408. The fraction of sp³-hybridized carbons (Fsp3) is 1.00. The summed E-state index contributed by atoms with van der Waals surface area (Å²) >= 11 is 0. The number of ether oxygens (including phenoxy) is 1. The summed E-state index contributed by atoms with van der Waals surface area (Å²) in [5, 5.41) is 0. The van der Waals surface area contributed by atoms with Crippen LogP contribution in [0, 0.1) is 0 Å². The molecule has 0 aromatic carbocycles. The van der Waals surface area contributed by atoms with Crippen LogP contribution in [0.5, 0.6) is 0 Å². The van der Waals surface area contributed by atoms with Gasteiger partial charge in [0.25, 0.3) is 0 Å². The topological polar surface area (TPSA) is 9.23 Å². The molecule has 0 bridgehead atoms. The van der Waals surface area contributed by atoms with Gasteiger partial charge in [0.1, 0.15) is 0 Å². The predicted molar refractivity (Wildman–Crippen MR) is 23.3 cm³/mol. The van der Waals surface area contributed by atoms with Gasteiger partial charge in [-0.3, -0.25) is 0 Å². The van der Waals surface area contributed by atoms with Crippen molar-refractivity contribution in [3.63, 3.8) is 0 Å². The van der Waals surface area contributed by atoms with Crippen LogP contribution in [-0.2, 0) is 4.74 Å². The average molecular weight is 98.1 g/mol. The maximum atomic E-state index is 4.69. The number of rotatable bonds is 2. The quantitative estimate of drug-likeness (QED) is 0.369. The number of hydrogen-bond acceptors (Lipinski definition) is 1. The van der Waals surface area contributed by atoms with Gasteiger partial charge in [-0.05, 0) is 6.42 Å². The van der Waals surface area contributed by atoms with Gasteiger partial charge >= 0.3 is 29.6 Å². The summed E-state index contributed by atoms with van der Waals surface area (Å²) in [5.41, 5.74) is 0. The summed E-state index contributed by atoms with van der Waals surface area (Å²) in [6, 6.07) is 0. The first kappa shape index (κ1) is 10.0. The first-order valence-corrected chi connectivity index (χ1v) is 1.90. The van der Waals surface area contributed by atoms with Crippen LogP contribution in [0.25, 0.3) is 0 Å². The molecule has 0 radical (unpaired) electrons. The normalized spacial score (nSPS) is 7.00. The molecule has 0 heterocycles. The Morgan fingerprint density at radius 3 is 2.17 bits per heavy atom. The molecule has 0 rings (SSSR count). The van der Waals surface area contributed by atoms with E-state index < -0.39 is 0 Å². The van der Waals surface area contributed by atoms with E-state index in [0.29, 0.717) is 0 Å². The molecule has 0 atom stereocenters. The molecule has 34 valence electrons. The predicted octanol–water partition coefficient (Wildman–Crippen LogP) is -1.84. The molecule has 0 aromatic heterocycles. The Hall–Kier alpha value is 0.960. The van der Waals surface area contributed by atoms with Crippen LogP contribution in [0.2, 0.25) is 0 Å². The van der Waals surface area contributed by atoms with E-state index in [-0.39, 0.29) is 31.0 Å². The molecule has 0 aliphatic carbocycles. The Morgan fingerprint density at radius 1 is 1.67 bits per heavy atom. The average Bonchev–Trinajstić information content (AvgIpc) is 1.41. The molecule has 0 fully saturated rings. The molecule has 0 spiro atoms. The molecule has 0 unspecified atom stereocenters. The number of methoxy groups -OCH3 is 1. The smallest absolute Gasteiger partial charge is 1.00 e. The molecule has 1 nitrogen and oxygen atoms in total. The van der Waals surface area contributed by atoms with E-state index in [1.807, 2.05) is 0 Å². The zero-order valence-electron chi connectivity index (χ0n) is 5.82. The second-order valence-electron chi connectivity index (χ2n) is 0.993. The molecule has 0 N–H and O–H groups in total. The summed E-state index contributed by atoms with van der Waals surface area (Å²) in [6.45, 7) is 2.98. The van der Waals surface area contributed by atoms with E-state index in [0.717, 1.165) is 13.0 Å². The summed E-state index contributed by atoms with van der Waals surface area (Å²) in [7, 11) is 1.71. The maximum absolute atomic E-state index is 4.69. The van der Waals surface area contributed by atoms with Gasteiger partial charge in [0.15, 0.2) is 0 Å². The Balaban J connectivity index is -0.0000000800. The van der Waals surface area contributed by atoms with Crippen LogP contribution in [0.4, 0.5) is 0 Å². The first-order chi connectivity index (χ1) is 2.41. The van der Waals surface area contributed by atoms with Gasteiger partial charge < -0.3 is 6.16 Å². The Morgan fingerprint density at radius 2 is 2.17 bits per heavy atom. The van der Waals surface area contributed by atoms with Crippen molar-refractivity contribution in [1.82, 2.24) is 0 Å². The Labute approximate surface area is 62.8 Å². The van der Waals surface area contributed by atoms with Crippen molar-refractivity contribution in [3.8, 4) is 0 Å². The van der Waals surface area contributed by atoms with Crippen molar-refractivity contribution in [1.29, 1.82) is 0 Å². The molecule has 0 saturated carbocycles. The van der Waals surface area contributed by atoms with Crippen molar-refractivity contribution in [2.45, 2.75) is 13.3 Å². The van der Waals surface area contributed by atoms with Crippen molar-refractivity contribution >= 4 is 0 Å². The van der Waals surface area contributed by atoms with E-state index in [1.165, 1.54) is 0 Å². The van der Waals surface area contributed by atoms with Gasteiger partial charge in [-0.1, -0.05) is 6.92 Å². The first-order valence-electron chi connectivity index (χ1n) is 1.90. The van der Waals surface area contributed by atoms with Crippen LogP contribution in [0.15, 0.2) is 0 Å². The molecule has 0 aliphatic heterocycles. The molecular formula is C4H11NaO. The summed E-state index contributed by atoms with van der Waals surface area (Å²) < 4.78 is 4.69. The summed E-state index contributed by atoms with van der Waals surface area (Å²) in [4.78, 5) is 0. The van der Waals surface area contributed by atoms with E-state index in [2.05, 4.69) is 6.92 Å². The van der Waals surface area contributed by atoms with Gasteiger partial charge in [-0.25, -0.2) is 0 Å². The van der Waals surface area contributed by atoms with Crippen LogP contribution >= 0.6 is 0 Å². The minimum absolute atomic E-state index is 0.